The van der Waals surface area contributed by atoms with Crippen LogP contribution in [0.1, 0.15) is 0 Å². The van der Waals surface area contributed by atoms with Crippen LogP contribution in [-0.4, -0.2) is 10.2 Å². The number of H-pyrrole nitrogens is 2. The second-order valence-electron chi connectivity index (χ2n) is 3.93. The molecule has 100 valence electrons. The van der Waals surface area contributed by atoms with Gasteiger partial charge in [0.15, 0.2) is 5.69 Å². The SMILES string of the molecule is O=c1[nH][nH]c(-c2cccs2)c1N=Nc1ccccc1Br. The van der Waals surface area contributed by atoms with Gasteiger partial charge >= 0.3 is 0 Å². The number of nitrogens with one attached hydrogen (secondary N) is 2. The average Bonchev–Trinajstić information content (AvgIpc) is 3.08. The third kappa shape index (κ3) is 2.50. The molecule has 5 nitrogen and oxygen atoms in total. The third-order valence-corrected chi connectivity index (χ3v) is 4.19. The van der Waals surface area contributed by atoms with Crippen LogP contribution in [0.4, 0.5) is 11.4 Å². The van der Waals surface area contributed by atoms with Crippen molar-refractivity contribution in [3.05, 3.63) is 56.6 Å². The molecule has 0 spiro atoms. The molecule has 0 atom stereocenters. The summed E-state index contributed by atoms with van der Waals surface area (Å²) in [6.07, 6.45) is 0. The summed E-state index contributed by atoms with van der Waals surface area (Å²) in [4.78, 5) is 12.7. The van der Waals surface area contributed by atoms with Crippen LogP contribution < -0.4 is 5.56 Å². The van der Waals surface area contributed by atoms with Gasteiger partial charge in [-0.05, 0) is 39.5 Å². The summed E-state index contributed by atoms with van der Waals surface area (Å²) in [5.74, 6) is 0. The molecule has 2 heterocycles. The number of benzene rings is 1. The predicted octanol–water partition coefficient (Wildman–Crippen LogP) is 4.61. The summed E-state index contributed by atoms with van der Waals surface area (Å²) in [6, 6.07) is 11.3. The maximum absolute atomic E-state index is 11.8. The zero-order valence-corrected chi connectivity index (χ0v) is 12.5. The van der Waals surface area contributed by atoms with Crippen LogP contribution in [0.3, 0.4) is 0 Å². The molecular weight excluding hydrogens is 340 g/mol. The minimum absolute atomic E-state index is 0.281. The Morgan fingerprint density at radius 2 is 1.90 bits per heavy atom. The molecule has 7 heteroatoms. The number of aromatic amines is 2. The number of hydrogen-bond donors (Lipinski definition) is 2. The predicted molar refractivity (Wildman–Crippen MR) is 83.0 cm³/mol. The van der Waals surface area contributed by atoms with E-state index in [1.54, 1.807) is 0 Å². The van der Waals surface area contributed by atoms with Crippen molar-refractivity contribution in [1.82, 2.24) is 10.2 Å². The highest BCUT2D eigenvalue weighted by Gasteiger charge is 2.12. The number of thiophene rings is 1. The molecule has 0 fully saturated rings. The molecule has 3 rings (SSSR count). The molecule has 0 aliphatic heterocycles. The summed E-state index contributed by atoms with van der Waals surface area (Å²) in [7, 11) is 0. The van der Waals surface area contributed by atoms with Crippen molar-refractivity contribution in [2.75, 3.05) is 0 Å². The van der Waals surface area contributed by atoms with Gasteiger partial charge in [0.1, 0.15) is 5.69 Å². The van der Waals surface area contributed by atoms with Gasteiger partial charge in [0.2, 0.25) is 0 Å². The second kappa shape index (κ2) is 5.56. The molecular formula is C13H9BrN4OS. The molecule has 1 aromatic carbocycles. The van der Waals surface area contributed by atoms with E-state index in [9.17, 15) is 4.79 Å². The van der Waals surface area contributed by atoms with Crippen molar-refractivity contribution in [1.29, 1.82) is 0 Å². The van der Waals surface area contributed by atoms with Crippen molar-refractivity contribution in [3.8, 4) is 10.6 Å². The zero-order valence-electron chi connectivity index (χ0n) is 10.1. The Bertz CT molecular complexity index is 804. The first kappa shape index (κ1) is 13.0. The summed E-state index contributed by atoms with van der Waals surface area (Å²) >= 11 is 4.92. The first-order valence-corrected chi connectivity index (χ1v) is 7.44. The van der Waals surface area contributed by atoms with E-state index in [0.717, 1.165) is 9.35 Å². The van der Waals surface area contributed by atoms with E-state index in [4.69, 9.17) is 0 Å². The van der Waals surface area contributed by atoms with E-state index in [1.165, 1.54) is 11.3 Å². The second-order valence-corrected chi connectivity index (χ2v) is 5.73. The first-order chi connectivity index (χ1) is 9.75. The Morgan fingerprint density at radius 1 is 1.05 bits per heavy atom. The van der Waals surface area contributed by atoms with Gasteiger partial charge in [-0.15, -0.1) is 21.6 Å². The van der Waals surface area contributed by atoms with Gasteiger partial charge in [-0.2, -0.15) is 0 Å². The Balaban J connectivity index is 2.02. The van der Waals surface area contributed by atoms with Gasteiger partial charge in [-0.3, -0.25) is 15.0 Å². The van der Waals surface area contributed by atoms with Crippen LogP contribution >= 0.6 is 27.3 Å². The first-order valence-electron chi connectivity index (χ1n) is 5.76. The Morgan fingerprint density at radius 3 is 2.65 bits per heavy atom. The summed E-state index contributed by atoms with van der Waals surface area (Å²) in [5, 5.41) is 15.5. The number of nitrogens with zero attached hydrogens (tertiary/aromatic N) is 2. The van der Waals surface area contributed by atoms with Gasteiger partial charge in [0.25, 0.3) is 5.56 Å². The average molecular weight is 349 g/mol. The van der Waals surface area contributed by atoms with E-state index in [0.29, 0.717) is 11.4 Å². The third-order valence-electron chi connectivity index (χ3n) is 2.63. The fourth-order valence-electron chi connectivity index (χ4n) is 1.68. The van der Waals surface area contributed by atoms with Crippen LogP contribution in [0, 0.1) is 0 Å². The lowest BCUT2D eigenvalue weighted by atomic mass is 10.3. The van der Waals surface area contributed by atoms with Crippen molar-refractivity contribution < 1.29 is 0 Å². The van der Waals surface area contributed by atoms with E-state index >= 15 is 0 Å². The lowest BCUT2D eigenvalue weighted by molar-refractivity contribution is 1.06. The molecule has 0 aliphatic rings. The van der Waals surface area contributed by atoms with Crippen molar-refractivity contribution in [2.24, 2.45) is 10.2 Å². The lowest BCUT2D eigenvalue weighted by Crippen LogP contribution is -1.96. The van der Waals surface area contributed by atoms with Crippen molar-refractivity contribution in [3.63, 3.8) is 0 Å². The highest BCUT2D eigenvalue weighted by molar-refractivity contribution is 9.10. The number of hydrogen-bond acceptors (Lipinski definition) is 4. The number of rotatable bonds is 3. The highest BCUT2D eigenvalue weighted by atomic mass is 79.9. The van der Waals surface area contributed by atoms with Crippen LogP contribution in [0.5, 0.6) is 0 Å². The van der Waals surface area contributed by atoms with Crippen LogP contribution in [0.2, 0.25) is 0 Å². The van der Waals surface area contributed by atoms with Gasteiger partial charge in [-0.25, -0.2) is 0 Å². The summed E-state index contributed by atoms with van der Waals surface area (Å²) in [6.45, 7) is 0. The largest absolute Gasteiger partial charge is 0.294 e. The van der Waals surface area contributed by atoms with Crippen LogP contribution in [0.15, 0.2) is 61.3 Å². The minimum Gasteiger partial charge on any atom is -0.294 e. The molecule has 20 heavy (non-hydrogen) atoms. The van der Waals surface area contributed by atoms with E-state index in [1.807, 2.05) is 41.8 Å². The molecule has 2 aromatic heterocycles. The molecule has 0 saturated carbocycles. The number of azo groups is 1. The van der Waals surface area contributed by atoms with Gasteiger partial charge < -0.3 is 0 Å². The molecule has 0 bridgehead atoms. The van der Waals surface area contributed by atoms with Gasteiger partial charge in [0, 0.05) is 4.47 Å². The standard InChI is InChI=1S/C13H9BrN4OS/c14-8-4-1-2-5-9(8)15-17-12-11(16-18-13(12)19)10-6-3-7-20-10/h1-7H,(H2,16,18,19). The maximum atomic E-state index is 11.8. The molecule has 0 saturated heterocycles. The van der Waals surface area contributed by atoms with Crippen LogP contribution in [0.25, 0.3) is 10.6 Å². The molecule has 0 amide bonds. The van der Waals surface area contributed by atoms with Crippen molar-refractivity contribution in [2.45, 2.75) is 0 Å². The number of aromatic nitrogens is 2. The fourth-order valence-corrected chi connectivity index (χ4v) is 2.77. The topological polar surface area (TPSA) is 73.4 Å². The Labute approximate surface area is 126 Å². The minimum atomic E-state index is -0.288. The monoisotopic (exact) mass is 348 g/mol. The Kier molecular flexibility index (Phi) is 3.62. The molecule has 3 aromatic rings. The molecule has 0 unspecified atom stereocenters. The maximum Gasteiger partial charge on any atom is 0.292 e. The molecule has 0 radical (unpaired) electrons. The fraction of sp³-hybridized carbons (Fsp3) is 0. The quantitative estimate of drug-likeness (QED) is 0.666. The molecule has 0 aliphatic carbocycles. The van der Waals surface area contributed by atoms with E-state index in [2.05, 4.69) is 36.4 Å². The number of halogens is 1. The highest BCUT2D eigenvalue weighted by Crippen LogP contribution is 2.31. The molecule has 2 N–H and O–H groups in total. The zero-order chi connectivity index (χ0) is 13.9. The summed E-state index contributed by atoms with van der Waals surface area (Å²) < 4.78 is 0.827. The van der Waals surface area contributed by atoms with Crippen LogP contribution in [-0.2, 0) is 0 Å². The van der Waals surface area contributed by atoms with E-state index < -0.39 is 0 Å². The Hall–Kier alpha value is -1.99. The smallest absolute Gasteiger partial charge is 0.292 e. The summed E-state index contributed by atoms with van der Waals surface area (Å²) in [5.41, 5.74) is 1.32. The van der Waals surface area contributed by atoms with E-state index in [-0.39, 0.29) is 11.2 Å². The van der Waals surface area contributed by atoms with Crippen molar-refractivity contribution >= 4 is 38.6 Å². The van der Waals surface area contributed by atoms with Gasteiger partial charge in [0.05, 0.1) is 10.6 Å². The lowest BCUT2D eigenvalue weighted by Gasteiger charge is -1.96. The van der Waals surface area contributed by atoms with Gasteiger partial charge in [-0.1, -0.05) is 18.2 Å². The normalized spacial score (nSPS) is 11.2.